The molecule has 0 heterocycles. The lowest BCUT2D eigenvalue weighted by atomic mass is 10.1. The Morgan fingerprint density at radius 1 is 1.37 bits per heavy atom. The van der Waals surface area contributed by atoms with Gasteiger partial charge in [0.05, 0.1) is 5.56 Å². The number of ether oxygens (including phenoxy) is 1. The van der Waals surface area contributed by atoms with Crippen molar-refractivity contribution in [3.05, 3.63) is 29.3 Å². The molecule has 0 aliphatic carbocycles. The summed E-state index contributed by atoms with van der Waals surface area (Å²) in [6.45, 7) is -0.194. The van der Waals surface area contributed by atoms with E-state index in [9.17, 15) is 22.8 Å². The largest absolute Gasteiger partial charge is 0.478 e. The zero-order valence-electron chi connectivity index (χ0n) is 9.75. The average molecular weight is 277 g/mol. The maximum atomic E-state index is 11.8. The Labute approximate surface area is 106 Å². The number of anilines is 1. The zero-order chi connectivity index (χ0) is 14.6. The third-order valence-corrected chi connectivity index (χ3v) is 2.07. The van der Waals surface area contributed by atoms with E-state index in [2.05, 4.69) is 10.1 Å². The van der Waals surface area contributed by atoms with Gasteiger partial charge in [-0.05, 0) is 30.7 Å². The molecule has 0 aliphatic rings. The normalized spacial score (nSPS) is 10.9. The molecule has 19 heavy (non-hydrogen) atoms. The predicted octanol–water partition coefficient (Wildman–Crippen LogP) is 2.80. The first-order chi connectivity index (χ1) is 8.69. The molecule has 104 valence electrons. The number of carboxylic acid groups (broad SMARTS) is 1. The van der Waals surface area contributed by atoms with Crippen LogP contribution in [0, 0.1) is 6.92 Å². The molecule has 1 aromatic rings. The van der Waals surface area contributed by atoms with E-state index in [1.54, 1.807) is 0 Å². The van der Waals surface area contributed by atoms with Crippen molar-refractivity contribution in [2.75, 3.05) is 11.9 Å². The Bertz CT molecular complexity index is 499. The van der Waals surface area contributed by atoms with Crippen LogP contribution in [-0.4, -0.2) is 30.0 Å². The number of carboxylic acids is 1. The minimum Gasteiger partial charge on any atom is -0.478 e. The van der Waals surface area contributed by atoms with Crippen LogP contribution in [0.15, 0.2) is 18.2 Å². The SMILES string of the molecule is Cc1cc(NC(=O)OCC(F)(F)F)ccc1C(=O)O. The van der Waals surface area contributed by atoms with Crippen LogP contribution in [0.2, 0.25) is 0 Å². The van der Waals surface area contributed by atoms with E-state index < -0.39 is 24.8 Å². The van der Waals surface area contributed by atoms with Crippen molar-refractivity contribution in [2.45, 2.75) is 13.1 Å². The first-order valence-electron chi connectivity index (χ1n) is 5.03. The number of halogens is 3. The van der Waals surface area contributed by atoms with Gasteiger partial charge in [0.2, 0.25) is 0 Å². The summed E-state index contributed by atoms with van der Waals surface area (Å²) in [5.41, 5.74) is 0.546. The third-order valence-electron chi connectivity index (χ3n) is 2.07. The van der Waals surface area contributed by atoms with Gasteiger partial charge in [0.25, 0.3) is 0 Å². The van der Waals surface area contributed by atoms with Crippen LogP contribution in [0.4, 0.5) is 23.7 Å². The minimum atomic E-state index is -4.60. The Hall–Kier alpha value is -2.25. The molecule has 0 atom stereocenters. The molecular formula is C11H10F3NO4. The average Bonchev–Trinajstić information content (AvgIpc) is 2.25. The fourth-order valence-electron chi connectivity index (χ4n) is 1.28. The van der Waals surface area contributed by atoms with Gasteiger partial charge in [-0.25, -0.2) is 9.59 Å². The predicted molar refractivity (Wildman–Crippen MR) is 59.2 cm³/mol. The second kappa shape index (κ2) is 5.59. The lowest BCUT2D eigenvalue weighted by Crippen LogP contribution is -2.23. The quantitative estimate of drug-likeness (QED) is 0.890. The molecule has 1 rings (SSSR count). The number of alkyl halides is 3. The summed E-state index contributed by atoms with van der Waals surface area (Å²) in [6, 6.07) is 3.81. The molecule has 0 bridgehead atoms. The standard InChI is InChI=1S/C11H10F3NO4/c1-6-4-7(2-3-8(6)9(16)17)15-10(18)19-5-11(12,13)14/h2-4H,5H2,1H3,(H,15,18)(H,16,17). The van der Waals surface area contributed by atoms with E-state index in [0.717, 1.165) is 0 Å². The van der Waals surface area contributed by atoms with Crippen molar-refractivity contribution >= 4 is 17.7 Å². The molecule has 5 nitrogen and oxygen atoms in total. The maximum Gasteiger partial charge on any atom is 0.422 e. The van der Waals surface area contributed by atoms with E-state index >= 15 is 0 Å². The van der Waals surface area contributed by atoms with Crippen molar-refractivity contribution in [3.8, 4) is 0 Å². The Balaban J connectivity index is 2.65. The maximum absolute atomic E-state index is 11.8. The molecule has 1 aromatic carbocycles. The van der Waals surface area contributed by atoms with Gasteiger partial charge in [0.15, 0.2) is 6.61 Å². The molecule has 0 radical (unpaired) electrons. The highest BCUT2D eigenvalue weighted by Crippen LogP contribution is 2.17. The van der Waals surface area contributed by atoms with Crippen molar-refractivity contribution in [3.63, 3.8) is 0 Å². The molecular weight excluding hydrogens is 267 g/mol. The Kier molecular flexibility index (Phi) is 4.36. The first-order valence-corrected chi connectivity index (χ1v) is 5.03. The molecule has 2 N–H and O–H groups in total. The molecule has 0 fully saturated rings. The van der Waals surface area contributed by atoms with Crippen LogP contribution >= 0.6 is 0 Å². The fourth-order valence-corrected chi connectivity index (χ4v) is 1.28. The van der Waals surface area contributed by atoms with Gasteiger partial charge in [0.1, 0.15) is 0 Å². The van der Waals surface area contributed by atoms with Crippen LogP contribution in [0.5, 0.6) is 0 Å². The highest BCUT2D eigenvalue weighted by atomic mass is 19.4. The summed E-state index contributed by atoms with van der Waals surface area (Å²) < 4.78 is 39.3. The number of aryl methyl sites for hydroxylation is 1. The van der Waals surface area contributed by atoms with Gasteiger partial charge in [-0.2, -0.15) is 13.2 Å². The van der Waals surface area contributed by atoms with Gasteiger partial charge in [-0.1, -0.05) is 0 Å². The summed E-state index contributed by atoms with van der Waals surface area (Å²) in [6.07, 6.45) is -5.86. The van der Waals surface area contributed by atoms with E-state index in [1.807, 2.05) is 0 Å². The molecule has 0 unspecified atom stereocenters. The second-order valence-corrected chi connectivity index (χ2v) is 3.65. The van der Waals surface area contributed by atoms with Gasteiger partial charge >= 0.3 is 18.2 Å². The summed E-state index contributed by atoms with van der Waals surface area (Å²) in [4.78, 5) is 21.8. The molecule has 1 amide bonds. The first kappa shape index (κ1) is 14.8. The van der Waals surface area contributed by atoms with E-state index in [0.29, 0.717) is 5.56 Å². The van der Waals surface area contributed by atoms with Crippen molar-refractivity contribution in [2.24, 2.45) is 0 Å². The lowest BCUT2D eigenvalue weighted by Gasteiger charge is -2.10. The smallest absolute Gasteiger partial charge is 0.422 e. The molecule has 0 saturated heterocycles. The van der Waals surface area contributed by atoms with Crippen molar-refractivity contribution in [1.29, 1.82) is 0 Å². The van der Waals surface area contributed by atoms with E-state index in [1.165, 1.54) is 25.1 Å². The molecule has 0 aromatic heterocycles. The highest BCUT2D eigenvalue weighted by molar-refractivity contribution is 5.91. The van der Waals surface area contributed by atoms with Gasteiger partial charge < -0.3 is 9.84 Å². The minimum absolute atomic E-state index is 0.0363. The Morgan fingerprint density at radius 3 is 2.47 bits per heavy atom. The van der Waals surface area contributed by atoms with E-state index in [-0.39, 0.29) is 11.3 Å². The van der Waals surface area contributed by atoms with Crippen LogP contribution in [0.1, 0.15) is 15.9 Å². The van der Waals surface area contributed by atoms with Crippen LogP contribution < -0.4 is 5.32 Å². The number of rotatable bonds is 3. The number of benzene rings is 1. The number of nitrogens with one attached hydrogen (secondary N) is 1. The number of amides is 1. The van der Waals surface area contributed by atoms with Gasteiger partial charge in [-0.3, -0.25) is 5.32 Å². The van der Waals surface area contributed by atoms with Gasteiger partial charge in [0, 0.05) is 5.69 Å². The Morgan fingerprint density at radius 2 is 2.00 bits per heavy atom. The number of carbonyl (C=O) groups excluding carboxylic acids is 1. The summed E-state index contributed by atoms with van der Waals surface area (Å²) in [5, 5.41) is 10.8. The van der Waals surface area contributed by atoms with Crippen molar-refractivity contribution in [1.82, 2.24) is 0 Å². The highest BCUT2D eigenvalue weighted by Gasteiger charge is 2.29. The van der Waals surface area contributed by atoms with Crippen LogP contribution in [-0.2, 0) is 4.74 Å². The lowest BCUT2D eigenvalue weighted by molar-refractivity contribution is -0.159. The number of aromatic carboxylic acids is 1. The van der Waals surface area contributed by atoms with Crippen LogP contribution in [0.25, 0.3) is 0 Å². The van der Waals surface area contributed by atoms with Crippen molar-refractivity contribution < 1.29 is 32.6 Å². The van der Waals surface area contributed by atoms with Gasteiger partial charge in [-0.15, -0.1) is 0 Å². The molecule has 0 aliphatic heterocycles. The number of carbonyl (C=O) groups is 2. The van der Waals surface area contributed by atoms with E-state index in [4.69, 9.17) is 5.11 Å². The fraction of sp³-hybridized carbons (Fsp3) is 0.273. The number of hydrogen-bond donors (Lipinski definition) is 2. The monoisotopic (exact) mass is 277 g/mol. The van der Waals surface area contributed by atoms with Crippen LogP contribution in [0.3, 0.4) is 0 Å². The summed E-state index contributed by atoms with van der Waals surface area (Å²) in [5.74, 6) is -1.14. The second-order valence-electron chi connectivity index (χ2n) is 3.65. The molecule has 8 heteroatoms. The third kappa shape index (κ3) is 4.86. The summed E-state index contributed by atoms with van der Waals surface area (Å²) >= 11 is 0. The molecule has 0 saturated carbocycles. The topological polar surface area (TPSA) is 75.6 Å². The summed E-state index contributed by atoms with van der Waals surface area (Å²) in [7, 11) is 0. The molecule has 0 spiro atoms. The number of hydrogen-bond acceptors (Lipinski definition) is 3. The zero-order valence-corrected chi connectivity index (χ0v) is 9.75.